The SMILES string of the molecule is CCC1SC(Nc2ccccc2Cl)=NC1=O. The van der Waals surface area contributed by atoms with Crippen LogP contribution in [0, 0.1) is 0 Å². The molecule has 0 aromatic heterocycles. The van der Waals surface area contributed by atoms with E-state index in [-0.39, 0.29) is 11.2 Å². The average molecular weight is 255 g/mol. The zero-order valence-corrected chi connectivity index (χ0v) is 10.3. The summed E-state index contributed by atoms with van der Waals surface area (Å²) in [4.78, 5) is 15.4. The Morgan fingerprint density at radius 1 is 1.50 bits per heavy atom. The first-order valence-corrected chi connectivity index (χ1v) is 6.27. The number of rotatable bonds is 2. The second kappa shape index (κ2) is 4.89. The Balaban J connectivity index is 2.10. The number of halogens is 1. The van der Waals surface area contributed by atoms with E-state index < -0.39 is 0 Å². The summed E-state index contributed by atoms with van der Waals surface area (Å²) < 4.78 is 0. The van der Waals surface area contributed by atoms with Crippen molar-refractivity contribution in [3.05, 3.63) is 29.3 Å². The van der Waals surface area contributed by atoms with Gasteiger partial charge in [0, 0.05) is 0 Å². The van der Waals surface area contributed by atoms with Gasteiger partial charge < -0.3 is 5.32 Å². The fourth-order valence-electron chi connectivity index (χ4n) is 1.38. The van der Waals surface area contributed by atoms with E-state index in [1.165, 1.54) is 11.8 Å². The lowest BCUT2D eigenvalue weighted by Crippen LogP contribution is -2.09. The Bertz CT molecular complexity index is 447. The van der Waals surface area contributed by atoms with Gasteiger partial charge in [0.05, 0.1) is 16.0 Å². The van der Waals surface area contributed by atoms with Crippen LogP contribution in [0.4, 0.5) is 5.69 Å². The van der Waals surface area contributed by atoms with Crippen LogP contribution in [0.25, 0.3) is 0 Å². The molecule has 1 amide bonds. The van der Waals surface area contributed by atoms with Gasteiger partial charge in [-0.2, -0.15) is 4.99 Å². The summed E-state index contributed by atoms with van der Waals surface area (Å²) in [5, 5.41) is 4.27. The topological polar surface area (TPSA) is 41.5 Å². The quantitative estimate of drug-likeness (QED) is 0.882. The first-order valence-electron chi connectivity index (χ1n) is 5.01. The van der Waals surface area contributed by atoms with Crippen molar-refractivity contribution in [2.45, 2.75) is 18.6 Å². The minimum atomic E-state index is -0.0675. The van der Waals surface area contributed by atoms with Crippen molar-refractivity contribution in [1.82, 2.24) is 0 Å². The van der Waals surface area contributed by atoms with E-state index in [1.807, 2.05) is 25.1 Å². The van der Waals surface area contributed by atoms with Crippen LogP contribution < -0.4 is 5.32 Å². The predicted octanol–water partition coefficient (Wildman–Crippen LogP) is 3.16. The predicted molar refractivity (Wildman–Crippen MR) is 69.2 cm³/mol. The summed E-state index contributed by atoms with van der Waals surface area (Å²) in [6.07, 6.45) is 0.792. The highest BCUT2D eigenvalue weighted by Crippen LogP contribution is 2.28. The molecule has 0 aliphatic carbocycles. The smallest absolute Gasteiger partial charge is 0.261 e. The summed E-state index contributed by atoms with van der Waals surface area (Å²) in [5.41, 5.74) is 0.778. The molecule has 0 saturated heterocycles. The Labute approximate surface area is 103 Å². The lowest BCUT2D eigenvalue weighted by atomic mass is 10.3. The summed E-state index contributed by atoms with van der Waals surface area (Å²) >= 11 is 7.45. The Morgan fingerprint density at radius 2 is 2.25 bits per heavy atom. The van der Waals surface area contributed by atoms with Gasteiger partial charge in [-0.3, -0.25) is 4.79 Å². The summed E-state index contributed by atoms with van der Waals surface area (Å²) in [6, 6.07) is 7.39. The molecular formula is C11H11ClN2OS. The molecule has 5 heteroatoms. The number of hydrogen-bond donors (Lipinski definition) is 1. The van der Waals surface area contributed by atoms with Gasteiger partial charge in [0.15, 0.2) is 5.17 Å². The zero-order valence-electron chi connectivity index (χ0n) is 8.74. The Morgan fingerprint density at radius 3 is 2.88 bits per heavy atom. The molecular weight excluding hydrogens is 244 g/mol. The average Bonchev–Trinajstić information content (AvgIpc) is 2.62. The molecule has 1 aromatic carbocycles. The highest BCUT2D eigenvalue weighted by molar-refractivity contribution is 8.15. The minimum absolute atomic E-state index is 0.0509. The number of amidine groups is 1. The van der Waals surface area contributed by atoms with E-state index in [0.29, 0.717) is 10.2 Å². The van der Waals surface area contributed by atoms with Crippen LogP contribution in [-0.4, -0.2) is 16.3 Å². The number of aliphatic imine (C=N–C) groups is 1. The van der Waals surface area contributed by atoms with Crippen molar-refractivity contribution in [2.75, 3.05) is 5.32 Å². The molecule has 1 N–H and O–H groups in total. The molecule has 0 saturated carbocycles. The Kier molecular flexibility index (Phi) is 3.51. The lowest BCUT2D eigenvalue weighted by Gasteiger charge is -2.07. The first-order chi connectivity index (χ1) is 7.70. The monoisotopic (exact) mass is 254 g/mol. The van der Waals surface area contributed by atoms with Crippen LogP contribution in [0.15, 0.2) is 29.3 Å². The molecule has 84 valence electrons. The number of carbonyl (C=O) groups is 1. The number of thioether (sulfide) groups is 1. The van der Waals surface area contributed by atoms with E-state index in [0.717, 1.165) is 12.1 Å². The van der Waals surface area contributed by atoms with Gasteiger partial charge in [0.2, 0.25) is 0 Å². The van der Waals surface area contributed by atoms with E-state index in [2.05, 4.69) is 10.3 Å². The second-order valence-electron chi connectivity index (χ2n) is 3.37. The van der Waals surface area contributed by atoms with Crippen LogP contribution in [0.5, 0.6) is 0 Å². The van der Waals surface area contributed by atoms with Crippen molar-refractivity contribution < 1.29 is 4.79 Å². The summed E-state index contributed by atoms with van der Waals surface area (Å²) in [7, 11) is 0. The van der Waals surface area contributed by atoms with Crippen molar-refractivity contribution >= 4 is 40.1 Å². The van der Waals surface area contributed by atoms with Crippen molar-refractivity contribution in [1.29, 1.82) is 0 Å². The third-order valence-corrected chi connectivity index (χ3v) is 3.79. The molecule has 0 bridgehead atoms. The van der Waals surface area contributed by atoms with E-state index >= 15 is 0 Å². The third-order valence-electron chi connectivity index (χ3n) is 2.23. The molecule has 1 aliphatic rings. The number of carbonyl (C=O) groups excluding carboxylic acids is 1. The standard InChI is InChI=1S/C11H11ClN2OS/c1-2-9-10(15)14-11(16-9)13-8-6-4-3-5-7(8)12/h3-6,9H,2H2,1H3,(H,13,14,15). The zero-order chi connectivity index (χ0) is 11.5. The molecule has 1 heterocycles. The largest absolute Gasteiger partial charge is 0.333 e. The van der Waals surface area contributed by atoms with E-state index in [1.54, 1.807) is 6.07 Å². The second-order valence-corrected chi connectivity index (χ2v) is 4.97. The number of nitrogens with one attached hydrogen (secondary N) is 1. The third kappa shape index (κ3) is 2.39. The van der Waals surface area contributed by atoms with Crippen molar-refractivity contribution in [3.63, 3.8) is 0 Å². The van der Waals surface area contributed by atoms with Gasteiger partial charge >= 0.3 is 0 Å². The van der Waals surface area contributed by atoms with Gasteiger partial charge in [-0.25, -0.2) is 0 Å². The fourth-order valence-corrected chi connectivity index (χ4v) is 2.46. The van der Waals surface area contributed by atoms with Crippen LogP contribution in [-0.2, 0) is 4.79 Å². The van der Waals surface area contributed by atoms with E-state index in [9.17, 15) is 4.79 Å². The minimum Gasteiger partial charge on any atom is -0.333 e. The van der Waals surface area contributed by atoms with Gasteiger partial charge in [-0.15, -0.1) is 0 Å². The summed E-state index contributed by atoms with van der Waals surface area (Å²) in [6.45, 7) is 1.98. The molecule has 0 fully saturated rings. The van der Waals surface area contributed by atoms with Gasteiger partial charge in [0.25, 0.3) is 5.91 Å². The molecule has 3 nitrogen and oxygen atoms in total. The highest BCUT2D eigenvalue weighted by Gasteiger charge is 2.26. The molecule has 16 heavy (non-hydrogen) atoms. The van der Waals surface area contributed by atoms with Gasteiger partial charge in [-0.1, -0.05) is 42.4 Å². The lowest BCUT2D eigenvalue weighted by molar-refractivity contribution is -0.117. The molecule has 2 rings (SSSR count). The van der Waals surface area contributed by atoms with E-state index in [4.69, 9.17) is 11.6 Å². The number of amides is 1. The molecule has 1 unspecified atom stereocenters. The number of anilines is 1. The van der Waals surface area contributed by atoms with Crippen LogP contribution >= 0.6 is 23.4 Å². The summed E-state index contributed by atoms with van der Waals surface area (Å²) in [5.74, 6) is -0.0675. The Hall–Kier alpha value is -1.00. The highest BCUT2D eigenvalue weighted by atomic mass is 35.5. The first kappa shape index (κ1) is 11.5. The number of para-hydroxylation sites is 1. The number of benzene rings is 1. The van der Waals surface area contributed by atoms with Crippen molar-refractivity contribution in [2.24, 2.45) is 4.99 Å². The number of hydrogen-bond acceptors (Lipinski definition) is 3. The van der Waals surface area contributed by atoms with Crippen LogP contribution in [0.3, 0.4) is 0 Å². The number of nitrogens with zero attached hydrogens (tertiary/aromatic N) is 1. The molecule has 1 aliphatic heterocycles. The molecule has 0 spiro atoms. The fraction of sp³-hybridized carbons (Fsp3) is 0.273. The van der Waals surface area contributed by atoms with Crippen LogP contribution in [0.1, 0.15) is 13.3 Å². The van der Waals surface area contributed by atoms with Gasteiger partial charge in [-0.05, 0) is 18.6 Å². The maximum absolute atomic E-state index is 11.4. The molecule has 1 atom stereocenters. The maximum atomic E-state index is 11.4. The molecule has 0 radical (unpaired) electrons. The van der Waals surface area contributed by atoms with Gasteiger partial charge in [0.1, 0.15) is 0 Å². The maximum Gasteiger partial charge on any atom is 0.261 e. The normalized spacial score (nSPS) is 19.8. The van der Waals surface area contributed by atoms with Crippen molar-refractivity contribution in [3.8, 4) is 0 Å². The molecule has 1 aromatic rings. The van der Waals surface area contributed by atoms with Crippen LogP contribution in [0.2, 0.25) is 5.02 Å².